The van der Waals surface area contributed by atoms with Gasteiger partial charge in [-0.1, -0.05) is 23.7 Å². The number of aliphatic hydroxyl groups is 1. The summed E-state index contributed by atoms with van der Waals surface area (Å²) in [5.74, 6) is -0.363. The monoisotopic (exact) mass is 273 g/mol. The summed E-state index contributed by atoms with van der Waals surface area (Å²) in [5, 5.41) is 9.26. The van der Waals surface area contributed by atoms with Gasteiger partial charge < -0.3 is 9.84 Å². The molecule has 0 saturated carbocycles. The number of ether oxygens (including phenoxy) is 1. The average Bonchev–Trinajstić information content (AvgIpc) is 2.37. The van der Waals surface area contributed by atoms with Gasteiger partial charge in [-0.2, -0.15) is 0 Å². The molecule has 0 radical (unpaired) electrons. The SMILES string of the molecule is C[C@@H]1CO[C@H](CO)CN1Cc1cccc(Cl)c1F. The Morgan fingerprint density at radius 3 is 3.06 bits per heavy atom. The molecule has 1 fully saturated rings. The van der Waals surface area contributed by atoms with Gasteiger partial charge in [0.15, 0.2) is 0 Å². The topological polar surface area (TPSA) is 32.7 Å². The van der Waals surface area contributed by atoms with Crippen LogP contribution < -0.4 is 0 Å². The first kappa shape index (κ1) is 13.7. The normalized spacial score (nSPS) is 25.3. The molecule has 1 N–H and O–H groups in total. The van der Waals surface area contributed by atoms with Crippen molar-refractivity contribution in [2.75, 3.05) is 19.8 Å². The quantitative estimate of drug-likeness (QED) is 0.915. The van der Waals surface area contributed by atoms with Crippen LogP contribution >= 0.6 is 11.6 Å². The van der Waals surface area contributed by atoms with Crippen molar-refractivity contribution in [3.63, 3.8) is 0 Å². The standard InChI is InChI=1S/C13H17ClFNO2/c1-9-8-18-11(7-17)6-16(9)5-10-3-2-4-12(14)13(10)15/h2-4,9,11,17H,5-8H2,1H3/t9-,11+/m1/s1. The lowest BCUT2D eigenvalue weighted by Crippen LogP contribution is -2.48. The molecule has 0 aliphatic carbocycles. The largest absolute Gasteiger partial charge is 0.394 e. The van der Waals surface area contributed by atoms with Crippen molar-refractivity contribution < 1.29 is 14.2 Å². The van der Waals surface area contributed by atoms with E-state index in [9.17, 15) is 4.39 Å². The van der Waals surface area contributed by atoms with Gasteiger partial charge in [0, 0.05) is 24.7 Å². The van der Waals surface area contributed by atoms with Gasteiger partial charge in [-0.25, -0.2) is 4.39 Å². The summed E-state index contributed by atoms with van der Waals surface area (Å²) in [5.41, 5.74) is 0.577. The fraction of sp³-hybridized carbons (Fsp3) is 0.538. The van der Waals surface area contributed by atoms with Gasteiger partial charge in [-0.05, 0) is 13.0 Å². The van der Waals surface area contributed by atoms with E-state index in [1.807, 2.05) is 6.92 Å². The summed E-state index contributed by atoms with van der Waals surface area (Å²) in [6, 6.07) is 5.22. The molecule has 1 aliphatic rings. The fourth-order valence-electron chi connectivity index (χ4n) is 2.10. The van der Waals surface area contributed by atoms with E-state index in [0.29, 0.717) is 25.3 Å². The molecule has 2 rings (SSSR count). The van der Waals surface area contributed by atoms with Crippen molar-refractivity contribution >= 4 is 11.6 Å². The molecule has 1 saturated heterocycles. The molecule has 2 atom stereocenters. The number of hydrogen-bond donors (Lipinski definition) is 1. The lowest BCUT2D eigenvalue weighted by molar-refractivity contribution is -0.0807. The first-order chi connectivity index (χ1) is 8.61. The van der Waals surface area contributed by atoms with Gasteiger partial charge in [0.1, 0.15) is 5.82 Å². The van der Waals surface area contributed by atoms with E-state index in [1.54, 1.807) is 18.2 Å². The highest BCUT2D eigenvalue weighted by Gasteiger charge is 2.26. The minimum atomic E-state index is -0.363. The molecule has 1 aromatic carbocycles. The molecule has 0 amide bonds. The predicted molar refractivity (Wildman–Crippen MR) is 68.1 cm³/mol. The second kappa shape index (κ2) is 5.97. The minimum Gasteiger partial charge on any atom is -0.394 e. The van der Waals surface area contributed by atoms with Gasteiger partial charge in [-0.3, -0.25) is 4.90 Å². The number of nitrogens with zero attached hydrogens (tertiary/aromatic N) is 1. The van der Waals surface area contributed by atoms with Gasteiger partial charge in [0.2, 0.25) is 0 Å². The summed E-state index contributed by atoms with van der Waals surface area (Å²) in [6.45, 7) is 3.64. The van der Waals surface area contributed by atoms with Gasteiger partial charge in [0.05, 0.1) is 24.3 Å². The number of morpholine rings is 1. The molecule has 100 valence electrons. The third kappa shape index (κ3) is 3.01. The average molecular weight is 274 g/mol. The Labute approximate surface area is 111 Å². The van der Waals surface area contributed by atoms with Crippen LogP contribution in [0.4, 0.5) is 4.39 Å². The van der Waals surface area contributed by atoms with E-state index in [1.165, 1.54) is 0 Å². The van der Waals surface area contributed by atoms with Crippen molar-refractivity contribution in [2.45, 2.75) is 25.6 Å². The lowest BCUT2D eigenvalue weighted by atomic mass is 10.1. The molecule has 0 aromatic heterocycles. The minimum absolute atomic E-state index is 0.0127. The number of hydrogen-bond acceptors (Lipinski definition) is 3. The third-order valence-corrected chi connectivity index (χ3v) is 3.54. The molecule has 1 heterocycles. The summed E-state index contributed by atoms with van der Waals surface area (Å²) in [7, 11) is 0. The lowest BCUT2D eigenvalue weighted by Gasteiger charge is -2.37. The summed E-state index contributed by atoms with van der Waals surface area (Å²) >= 11 is 5.77. The van der Waals surface area contributed by atoms with Gasteiger partial charge >= 0.3 is 0 Å². The van der Waals surface area contributed by atoms with Crippen LogP contribution in [-0.2, 0) is 11.3 Å². The Kier molecular flexibility index (Phi) is 4.56. The van der Waals surface area contributed by atoms with Crippen LogP contribution in [0.3, 0.4) is 0 Å². The number of benzene rings is 1. The van der Waals surface area contributed by atoms with E-state index in [-0.39, 0.29) is 29.6 Å². The molecule has 3 nitrogen and oxygen atoms in total. The van der Waals surface area contributed by atoms with Crippen molar-refractivity contribution in [3.8, 4) is 0 Å². The highest BCUT2D eigenvalue weighted by atomic mass is 35.5. The van der Waals surface area contributed by atoms with E-state index in [2.05, 4.69) is 4.90 Å². The van der Waals surface area contributed by atoms with E-state index < -0.39 is 0 Å². The highest BCUT2D eigenvalue weighted by molar-refractivity contribution is 6.30. The zero-order valence-electron chi connectivity index (χ0n) is 10.3. The molecule has 5 heteroatoms. The molecular formula is C13H17ClFNO2. The van der Waals surface area contributed by atoms with Crippen LogP contribution in [0.2, 0.25) is 5.02 Å². The van der Waals surface area contributed by atoms with Crippen molar-refractivity contribution in [3.05, 3.63) is 34.6 Å². The zero-order valence-corrected chi connectivity index (χ0v) is 11.0. The number of aliphatic hydroxyl groups excluding tert-OH is 1. The second-order valence-electron chi connectivity index (χ2n) is 4.63. The Morgan fingerprint density at radius 1 is 1.56 bits per heavy atom. The predicted octanol–water partition coefficient (Wildman–Crippen LogP) is 2.06. The molecule has 0 bridgehead atoms. The van der Waals surface area contributed by atoms with Crippen LogP contribution in [0.15, 0.2) is 18.2 Å². The smallest absolute Gasteiger partial charge is 0.146 e. The Hall–Kier alpha value is -0.680. The van der Waals surface area contributed by atoms with Gasteiger partial charge in [0.25, 0.3) is 0 Å². The number of halogens is 2. The van der Waals surface area contributed by atoms with E-state index in [4.69, 9.17) is 21.4 Å². The number of rotatable bonds is 3. The van der Waals surface area contributed by atoms with Crippen LogP contribution in [0.1, 0.15) is 12.5 Å². The highest BCUT2D eigenvalue weighted by Crippen LogP contribution is 2.21. The summed E-state index contributed by atoms with van der Waals surface area (Å²) < 4.78 is 19.3. The van der Waals surface area contributed by atoms with Crippen molar-refractivity contribution in [1.29, 1.82) is 0 Å². The maximum Gasteiger partial charge on any atom is 0.146 e. The molecule has 0 unspecified atom stereocenters. The Bertz CT molecular complexity index is 416. The maximum absolute atomic E-state index is 13.8. The van der Waals surface area contributed by atoms with Gasteiger partial charge in [-0.15, -0.1) is 0 Å². The van der Waals surface area contributed by atoms with E-state index >= 15 is 0 Å². The van der Waals surface area contributed by atoms with Crippen LogP contribution in [0.5, 0.6) is 0 Å². The van der Waals surface area contributed by atoms with Crippen LogP contribution in [-0.4, -0.2) is 41.9 Å². The zero-order chi connectivity index (χ0) is 13.1. The first-order valence-electron chi connectivity index (χ1n) is 6.01. The Morgan fingerprint density at radius 2 is 2.33 bits per heavy atom. The molecule has 18 heavy (non-hydrogen) atoms. The summed E-state index contributed by atoms with van der Waals surface area (Å²) in [6.07, 6.45) is -0.191. The third-order valence-electron chi connectivity index (χ3n) is 3.24. The second-order valence-corrected chi connectivity index (χ2v) is 5.04. The Balaban J connectivity index is 2.09. The van der Waals surface area contributed by atoms with Crippen LogP contribution in [0.25, 0.3) is 0 Å². The molecule has 1 aliphatic heterocycles. The molecule has 0 spiro atoms. The van der Waals surface area contributed by atoms with Crippen LogP contribution in [0, 0.1) is 5.82 Å². The van der Waals surface area contributed by atoms with Crippen molar-refractivity contribution in [2.24, 2.45) is 0 Å². The molecular weight excluding hydrogens is 257 g/mol. The fourth-order valence-corrected chi connectivity index (χ4v) is 2.29. The maximum atomic E-state index is 13.8. The van der Waals surface area contributed by atoms with E-state index in [0.717, 1.165) is 0 Å². The molecule has 1 aromatic rings. The van der Waals surface area contributed by atoms with Crippen molar-refractivity contribution in [1.82, 2.24) is 4.90 Å². The summed E-state index contributed by atoms with van der Waals surface area (Å²) in [4.78, 5) is 2.10. The first-order valence-corrected chi connectivity index (χ1v) is 6.39.